The van der Waals surface area contributed by atoms with E-state index in [0.29, 0.717) is 28.0 Å². The van der Waals surface area contributed by atoms with Gasteiger partial charge in [0.05, 0.1) is 22.0 Å². The van der Waals surface area contributed by atoms with Gasteiger partial charge in [-0.05, 0) is 48.7 Å². The van der Waals surface area contributed by atoms with Crippen LogP contribution in [0.5, 0.6) is 0 Å². The van der Waals surface area contributed by atoms with Crippen molar-refractivity contribution >= 4 is 40.8 Å². The Labute approximate surface area is 162 Å². The van der Waals surface area contributed by atoms with E-state index in [1.165, 1.54) is 0 Å². The standard InChI is InChI=1S/C19H18Cl3NO2/c20-15-6-2-1-5-14(15)18(12-7-8-16(21)17(22)10-12)23-9-3-4-13(11-23)19(24)25/h1-2,5-8,10,13,18H,3-4,9,11H2,(H,24,25). The fraction of sp³-hybridized carbons (Fsp3) is 0.316. The van der Waals surface area contributed by atoms with Crippen molar-refractivity contribution < 1.29 is 9.90 Å². The summed E-state index contributed by atoms with van der Waals surface area (Å²) in [6.45, 7) is 1.28. The molecular formula is C19H18Cl3NO2. The zero-order valence-corrected chi connectivity index (χ0v) is 15.7. The number of aliphatic carboxylic acids is 1. The summed E-state index contributed by atoms with van der Waals surface area (Å²) in [7, 11) is 0. The fourth-order valence-electron chi connectivity index (χ4n) is 3.41. The first-order valence-electron chi connectivity index (χ1n) is 8.13. The van der Waals surface area contributed by atoms with Crippen molar-refractivity contribution in [1.82, 2.24) is 4.90 Å². The van der Waals surface area contributed by atoms with Crippen molar-refractivity contribution in [3.8, 4) is 0 Å². The van der Waals surface area contributed by atoms with Gasteiger partial charge in [0.2, 0.25) is 0 Å². The zero-order chi connectivity index (χ0) is 18.0. The Morgan fingerprint density at radius 2 is 1.84 bits per heavy atom. The molecule has 25 heavy (non-hydrogen) atoms. The highest BCUT2D eigenvalue weighted by Gasteiger charge is 2.32. The predicted molar refractivity (Wildman–Crippen MR) is 102 cm³/mol. The highest BCUT2D eigenvalue weighted by atomic mass is 35.5. The number of hydrogen-bond donors (Lipinski definition) is 1. The minimum Gasteiger partial charge on any atom is -0.481 e. The van der Waals surface area contributed by atoms with Crippen LogP contribution in [0.4, 0.5) is 0 Å². The summed E-state index contributed by atoms with van der Waals surface area (Å²) in [5.41, 5.74) is 1.89. The van der Waals surface area contributed by atoms with Crippen LogP contribution >= 0.6 is 34.8 Å². The summed E-state index contributed by atoms with van der Waals surface area (Å²) in [5, 5.41) is 11.0. The van der Waals surface area contributed by atoms with Crippen LogP contribution in [-0.4, -0.2) is 29.1 Å². The number of likely N-dealkylation sites (tertiary alicyclic amines) is 1. The molecule has 1 aliphatic rings. The highest BCUT2D eigenvalue weighted by Crippen LogP contribution is 2.38. The fourth-order valence-corrected chi connectivity index (χ4v) is 3.95. The lowest BCUT2D eigenvalue weighted by atomic mass is 9.91. The number of hydrogen-bond acceptors (Lipinski definition) is 2. The molecule has 1 aliphatic heterocycles. The second kappa shape index (κ2) is 7.96. The molecule has 1 fully saturated rings. The topological polar surface area (TPSA) is 40.5 Å². The van der Waals surface area contributed by atoms with E-state index >= 15 is 0 Å². The van der Waals surface area contributed by atoms with Gasteiger partial charge in [-0.2, -0.15) is 0 Å². The molecule has 1 saturated heterocycles. The second-order valence-corrected chi connectivity index (χ2v) is 7.49. The normalized spacial score (nSPS) is 19.6. The number of halogens is 3. The van der Waals surface area contributed by atoms with Crippen molar-refractivity contribution in [3.63, 3.8) is 0 Å². The van der Waals surface area contributed by atoms with Crippen molar-refractivity contribution in [3.05, 3.63) is 68.7 Å². The molecule has 2 atom stereocenters. The summed E-state index contributed by atoms with van der Waals surface area (Å²) >= 11 is 18.7. The first kappa shape index (κ1) is 18.5. The number of carboxylic acid groups (broad SMARTS) is 1. The van der Waals surface area contributed by atoms with Crippen LogP contribution in [-0.2, 0) is 4.79 Å². The number of carbonyl (C=O) groups is 1. The third-order valence-corrected chi connectivity index (χ3v) is 5.71. The van der Waals surface area contributed by atoms with E-state index in [9.17, 15) is 9.90 Å². The van der Waals surface area contributed by atoms with E-state index in [-0.39, 0.29) is 12.0 Å². The lowest BCUT2D eigenvalue weighted by Gasteiger charge is -2.38. The average molecular weight is 399 g/mol. The maximum absolute atomic E-state index is 11.5. The van der Waals surface area contributed by atoms with Gasteiger partial charge in [0.25, 0.3) is 0 Å². The van der Waals surface area contributed by atoms with Gasteiger partial charge < -0.3 is 5.11 Å². The average Bonchev–Trinajstić information content (AvgIpc) is 2.60. The van der Waals surface area contributed by atoms with Crippen LogP contribution in [0.25, 0.3) is 0 Å². The molecule has 0 bridgehead atoms. The number of benzene rings is 2. The van der Waals surface area contributed by atoms with E-state index in [0.717, 1.165) is 24.1 Å². The van der Waals surface area contributed by atoms with Crippen molar-refractivity contribution in [2.75, 3.05) is 13.1 Å². The molecule has 3 rings (SSSR count). The highest BCUT2D eigenvalue weighted by molar-refractivity contribution is 6.42. The van der Waals surface area contributed by atoms with Gasteiger partial charge in [-0.15, -0.1) is 0 Å². The first-order chi connectivity index (χ1) is 12.0. The lowest BCUT2D eigenvalue weighted by Crippen LogP contribution is -2.41. The Morgan fingerprint density at radius 1 is 1.08 bits per heavy atom. The smallest absolute Gasteiger partial charge is 0.307 e. The minimum absolute atomic E-state index is 0.161. The molecule has 2 aromatic carbocycles. The zero-order valence-electron chi connectivity index (χ0n) is 13.5. The van der Waals surface area contributed by atoms with E-state index in [1.54, 1.807) is 6.07 Å². The van der Waals surface area contributed by atoms with Crippen LogP contribution in [0.1, 0.15) is 30.0 Å². The molecule has 132 valence electrons. The molecule has 1 heterocycles. The number of nitrogens with zero attached hydrogens (tertiary/aromatic N) is 1. The third kappa shape index (κ3) is 4.12. The Bertz CT molecular complexity index is 781. The molecule has 0 aliphatic carbocycles. The van der Waals surface area contributed by atoms with Crippen molar-refractivity contribution in [2.45, 2.75) is 18.9 Å². The Hall–Kier alpha value is -1.26. The number of carboxylic acids is 1. The van der Waals surface area contributed by atoms with E-state index in [2.05, 4.69) is 4.90 Å². The summed E-state index contributed by atoms with van der Waals surface area (Å²) < 4.78 is 0. The maximum atomic E-state index is 11.5. The van der Waals surface area contributed by atoms with Gasteiger partial charge in [0.1, 0.15) is 0 Å². The van der Waals surface area contributed by atoms with Crippen LogP contribution < -0.4 is 0 Å². The van der Waals surface area contributed by atoms with Gasteiger partial charge in [-0.3, -0.25) is 9.69 Å². The molecule has 0 radical (unpaired) electrons. The number of piperidine rings is 1. The molecule has 0 spiro atoms. The van der Waals surface area contributed by atoms with E-state index < -0.39 is 5.97 Å². The third-order valence-electron chi connectivity index (χ3n) is 4.63. The van der Waals surface area contributed by atoms with Crippen LogP contribution in [0.3, 0.4) is 0 Å². The summed E-state index contributed by atoms with van der Waals surface area (Å²) in [4.78, 5) is 13.6. The van der Waals surface area contributed by atoms with Gasteiger partial charge in [-0.1, -0.05) is 59.1 Å². The van der Waals surface area contributed by atoms with Crippen LogP contribution in [0, 0.1) is 5.92 Å². The monoisotopic (exact) mass is 397 g/mol. The number of rotatable bonds is 4. The molecule has 2 unspecified atom stereocenters. The SMILES string of the molecule is O=C(O)C1CCCN(C(c2ccc(Cl)c(Cl)c2)c2ccccc2Cl)C1. The van der Waals surface area contributed by atoms with Crippen LogP contribution in [0.15, 0.2) is 42.5 Å². The second-order valence-electron chi connectivity index (χ2n) is 6.27. The van der Waals surface area contributed by atoms with Gasteiger partial charge in [0.15, 0.2) is 0 Å². The van der Waals surface area contributed by atoms with Gasteiger partial charge in [-0.25, -0.2) is 0 Å². The van der Waals surface area contributed by atoms with Crippen molar-refractivity contribution in [2.24, 2.45) is 5.92 Å². The summed E-state index contributed by atoms with van der Waals surface area (Å²) in [5.74, 6) is -1.13. The Kier molecular flexibility index (Phi) is 5.90. The quantitative estimate of drug-likeness (QED) is 0.736. The van der Waals surface area contributed by atoms with Crippen LogP contribution in [0.2, 0.25) is 15.1 Å². The largest absolute Gasteiger partial charge is 0.481 e. The molecule has 2 aromatic rings. The first-order valence-corrected chi connectivity index (χ1v) is 9.27. The molecule has 6 heteroatoms. The molecule has 0 saturated carbocycles. The lowest BCUT2D eigenvalue weighted by molar-refractivity contribution is -0.143. The van der Waals surface area contributed by atoms with E-state index in [1.807, 2.05) is 36.4 Å². The maximum Gasteiger partial charge on any atom is 0.307 e. The molecule has 3 nitrogen and oxygen atoms in total. The molecule has 0 aromatic heterocycles. The predicted octanol–water partition coefficient (Wildman–Crippen LogP) is 5.53. The van der Waals surface area contributed by atoms with E-state index in [4.69, 9.17) is 34.8 Å². The summed E-state index contributed by atoms with van der Waals surface area (Å²) in [6, 6.07) is 13.0. The van der Waals surface area contributed by atoms with Crippen molar-refractivity contribution in [1.29, 1.82) is 0 Å². The molecule has 0 amide bonds. The molecule has 1 N–H and O–H groups in total. The van der Waals surface area contributed by atoms with Gasteiger partial charge >= 0.3 is 5.97 Å². The summed E-state index contributed by atoms with van der Waals surface area (Å²) in [6.07, 6.45) is 1.53. The van der Waals surface area contributed by atoms with Gasteiger partial charge in [0, 0.05) is 11.6 Å². The Balaban J connectivity index is 2.04. The minimum atomic E-state index is -0.753. The Morgan fingerprint density at radius 3 is 2.52 bits per heavy atom. The molecular weight excluding hydrogens is 381 g/mol.